The van der Waals surface area contributed by atoms with Crippen LogP contribution in [-0.2, 0) is 9.53 Å². The number of esters is 1. The Balaban J connectivity index is 2.67. The molecule has 1 rings (SSSR count). The molecule has 0 aliphatic rings. The van der Waals surface area contributed by atoms with Crippen molar-refractivity contribution in [3.8, 4) is 6.07 Å². The molecule has 0 fully saturated rings. The monoisotopic (exact) mass is 273 g/mol. The molecular weight excluding hydrogens is 254 g/mol. The summed E-state index contributed by atoms with van der Waals surface area (Å²) in [5.41, 5.74) is 0.454. The maximum atomic E-state index is 12.2. The quantitative estimate of drug-likeness (QED) is 0.624. The molecule has 106 valence electrons. The van der Waals surface area contributed by atoms with E-state index in [1.807, 2.05) is 6.07 Å². The summed E-state index contributed by atoms with van der Waals surface area (Å²) < 4.78 is 5.20. The molecule has 0 bridgehead atoms. The van der Waals surface area contributed by atoms with Crippen LogP contribution in [0.15, 0.2) is 24.3 Å². The minimum atomic E-state index is -0.547. The van der Waals surface area contributed by atoms with E-state index in [4.69, 9.17) is 10.00 Å². The van der Waals surface area contributed by atoms with Crippen LogP contribution in [0.1, 0.15) is 50.0 Å². The molecule has 0 saturated carbocycles. The van der Waals surface area contributed by atoms with Crippen LogP contribution < -0.4 is 0 Å². The summed E-state index contributed by atoms with van der Waals surface area (Å²) in [5, 5.41) is 8.71. The number of ether oxygens (including phenoxy) is 1. The third kappa shape index (κ3) is 4.85. The summed E-state index contributed by atoms with van der Waals surface area (Å²) in [6.45, 7) is 7.07. The van der Waals surface area contributed by atoms with Crippen LogP contribution in [0.25, 0.3) is 0 Å². The van der Waals surface area contributed by atoms with Gasteiger partial charge in [-0.1, -0.05) is 19.1 Å². The van der Waals surface area contributed by atoms with Crippen LogP contribution in [0.2, 0.25) is 0 Å². The van der Waals surface area contributed by atoms with E-state index >= 15 is 0 Å². The molecule has 1 aromatic rings. The first-order chi connectivity index (χ1) is 9.23. The summed E-state index contributed by atoms with van der Waals surface area (Å²) in [6.07, 6.45) is 0.0517. The fourth-order valence-electron chi connectivity index (χ4n) is 1.72. The molecule has 0 aromatic heterocycles. The lowest BCUT2D eigenvalue weighted by Gasteiger charge is -2.20. The first-order valence-corrected chi connectivity index (χ1v) is 6.49. The van der Waals surface area contributed by atoms with E-state index in [0.717, 1.165) is 0 Å². The Morgan fingerprint density at radius 1 is 1.25 bits per heavy atom. The maximum absolute atomic E-state index is 12.2. The SMILES string of the molecule is C[C@H](CC(=O)OC(C)(C)C)C(=O)c1ccc(C#N)cc1. The number of carbonyl (C=O) groups is 2. The summed E-state index contributed by atoms with van der Waals surface area (Å²) in [4.78, 5) is 23.8. The van der Waals surface area contributed by atoms with Crippen molar-refractivity contribution in [1.29, 1.82) is 5.26 Å². The Kier molecular flexibility index (Phi) is 5.04. The van der Waals surface area contributed by atoms with Crippen molar-refractivity contribution >= 4 is 11.8 Å². The van der Waals surface area contributed by atoms with Crippen molar-refractivity contribution in [2.45, 2.75) is 39.7 Å². The molecule has 0 heterocycles. The number of benzene rings is 1. The lowest BCUT2D eigenvalue weighted by molar-refractivity contribution is -0.155. The van der Waals surface area contributed by atoms with E-state index in [9.17, 15) is 9.59 Å². The molecule has 0 aliphatic heterocycles. The molecule has 0 amide bonds. The van der Waals surface area contributed by atoms with Crippen molar-refractivity contribution in [3.63, 3.8) is 0 Å². The Labute approximate surface area is 119 Å². The van der Waals surface area contributed by atoms with Gasteiger partial charge in [-0.15, -0.1) is 0 Å². The van der Waals surface area contributed by atoms with E-state index in [-0.39, 0.29) is 18.2 Å². The van der Waals surface area contributed by atoms with E-state index in [2.05, 4.69) is 0 Å². The van der Waals surface area contributed by atoms with Crippen molar-refractivity contribution in [3.05, 3.63) is 35.4 Å². The zero-order valence-electron chi connectivity index (χ0n) is 12.3. The predicted octanol–water partition coefficient (Wildman–Crippen LogP) is 3.11. The van der Waals surface area contributed by atoms with Gasteiger partial charge in [0.2, 0.25) is 0 Å². The fourth-order valence-corrected chi connectivity index (χ4v) is 1.72. The molecule has 0 N–H and O–H groups in total. The van der Waals surface area contributed by atoms with E-state index in [1.165, 1.54) is 0 Å². The lowest BCUT2D eigenvalue weighted by Crippen LogP contribution is -2.26. The maximum Gasteiger partial charge on any atom is 0.307 e. The number of rotatable bonds is 4. The van der Waals surface area contributed by atoms with Crippen LogP contribution in [0.3, 0.4) is 0 Å². The van der Waals surface area contributed by atoms with Crippen LogP contribution in [-0.4, -0.2) is 17.4 Å². The summed E-state index contributed by atoms with van der Waals surface area (Å²) >= 11 is 0. The number of ketones is 1. The second-order valence-corrected chi connectivity index (χ2v) is 5.75. The average molecular weight is 273 g/mol. The highest BCUT2D eigenvalue weighted by Gasteiger charge is 2.22. The minimum absolute atomic E-state index is 0.0517. The first-order valence-electron chi connectivity index (χ1n) is 6.49. The standard InChI is InChI=1S/C16H19NO3/c1-11(9-14(18)20-16(2,3)4)15(19)13-7-5-12(10-17)6-8-13/h5-8,11H,9H2,1-4H3/t11-/m1/s1. The van der Waals surface area contributed by atoms with Crippen molar-refractivity contribution < 1.29 is 14.3 Å². The van der Waals surface area contributed by atoms with Crippen molar-refractivity contribution in [2.75, 3.05) is 0 Å². The Bertz CT molecular complexity index is 532. The third-order valence-electron chi connectivity index (χ3n) is 2.64. The second kappa shape index (κ2) is 6.33. The van der Waals surface area contributed by atoms with Gasteiger partial charge in [-0.3, -0.25) is 9.59 Å². The highest BCUT2D eigenvalue weighted by Crippen LogP contribution is 2.16. The molecule has 1 atom stereocenters. The number of Topliss-reactive ketones (excluding diaryl/α,β-unsaturated/α-hetero) is 1. The molecule has 0 radical (unpaired) electrons. The van der Waals surface area contributed by atoms with Gasteiger partial charge in [0.05, 0.1) is 18.1 Å². The molecule has 0 saturated heterocycles. The van der Waals surface area contributed by atoms with Crippen LogP contribution >= 0.6 is 0 Å². The van der Waals surface area contributed by atoms with Gasteiger partial charge < -0.3 is 4.74 Å². The predicted molar refractivity (Wildman–Crippen MR) is 75.1 cm³/mol. The lowest BCUT2D eigenvalue weighted by atomic mass is 9.96. The zero-order valence-corrected chi connectivity index (χ0v) is 12.3. The minimum Gasteiger partial charge on any atom is -0.460 e. The molecule has 4 nitrogen and oxygen atoms in total. The van der Waals surface area contributed by atoms with E-state index in [1.54, 1.807) is 52.0 Å². The van der Waals surface area contributed by atoms with E-state index < -0.39 is 11.5 Å². The van der Waals surface area contributed by atoms with E-state index in [0.29, 0.717) is 11.1 Å². The Morgan fingerprint density at radius 3 is 2.25 bits per heavy atom. The Hall–Kier alpha value is -2.15. The second-order valence-electron chi connectivity index (χ2n) is 5.75. The number of carbonyl (C=O) groups excluding carboxylic acids is 2. The third-order valence-corrected chi connectivity index (χ3v) is 2.64. The van der Waals surface area contributed by atoms with Gasteiger partial charge in [-0.05, 0) is 32.9 Å². The van der Waals surface area contributed by atoms with Crippen molar-refractivity contribution in [2.24, 2.45) is 5.92 Å². The Morgan fingerprint density at radius 2 is 1.80 bits per heavy atom. The van der Waals surface area contributed by atoms with Gasteiger partial charge in [0.1, 0.15) is 5.60 Å². The van der Waals surface area contributed by atoms with Crippen LogP contribution in [0.5, 0.6) is 0 Å². The topological polar surface area (TPSA) is 67.2 Å². The summed E-state index contributed by atoms with van der Waals surface area (Å²) in [5.74, 6) is -0.954. The molecule has 4 heteroatoms. The number of hydrogen-bond donors (Lipinski definition) is 0. The summed E-state index contributed by atoms with van der Waals surface area (Å²) in [6, 6.07) is 8.38. The average Bonchev–Trinajstić information content (AvgIpc) is 2.35. The fraction of sp³-hybridized carbons (Fsp3) is 0.438. The highest BCUT2D eigenvalue weighted by molar-refractivity contribution is 5.99. The van der Waals surface area contributed by atoms with Gasteiger partial charge in [0, 0.05) is 11.5 Å². The molecule has 1 aromatic carbocycles. The smallest absolute Gasteiger partial charge is 0.307 e. The number of nitriles is 1. The highest BCUT2D eigenvalue weighted by atomic mass is 16.6. The van der Waals surface area contributed by atoms with Gasteiger partial charge in [0.15, 0.2) is 5.78 Å². The largest absolute Gasteiger partial charge is 0.460 e. The number of hydrogen-bond acceptors (Lipinski definition) is 4. The summed E-state index contributed by atoms with van der Waals surface area (Å²) in [7, 11) is 0. The first kappa shape index (κ1) is 15.9. The molecule has 20 heavy (non-hydrogen) atoms. The van der Waals surface area contributed by atoms with Gasteiger partial charge in [-0.2, -0.15) is 5.26 Å². The normalized spacial score (nSPS) is 12.3. The number of nitrogens with zero attached hydrogens (tertiary/aromatic N) is 1. The van der Waals surface area contributed by atoms with Gasteiger partial charge in [0.25, 0.3) is 0 Å². The van der Waals surface area contributed by atoms with Gasteiger partial charge >= 0.3 is 5.97 Å². The van der Waals surface area contributed by atoms with Crippen molar-refractivity contribution in [1.82, 2.24) is 0 Å². The molecular formula is C16H19NO3. The van der Waals surface area contributed by atoms with Crippen LogP contribution in [0.4, 0.5) is 0 Å². The van der Waals surface area contributed by atoms with Crippen LogP contribution in [0, 0.1) is 17.2 Å². The molecule has 0 unspecified atom stereocenters. The van der Waals surface area contributed by atoms with Gasteiger partial charge in [-0.25, -0.2) is 0 Å². The molecule has 0 aliphatic carbocycles. The zero-order chi connectivity index (χ0) is 15.3. The molecule has 0 spiro atoms.